The molecule has 5 aliphatic carbocycles. The number of fused-ring (bicyclic) bond motifs is 3. The monoisotopic (exact) mass is 785 g/mol. The number of hydrogen-bond donors (Lipinski definition) is 0. The number of methoxy groups -OCH3 is 2. The fraction of sp³-hybridized carbons (Fsp3) is 0.585. The highest BCUT2D eigenvalue weighted by Crippen LogP contribution is 2.73. The number of benzene rings is 3. The van der Waals surface area contributed by atoms with Gasteiger partial charge < -0.3 is 14.2 Å². The molecule has 8 rings (SSSR count). The summed E-state index contributed by atoms with van der Waals surface area (Å²) in [6.45, 7) is 23.3. The first-order chi connectivity index (χ1) is 27.1. The number of carbonyl (C=O) groups excluding carboxylic acids is 2. The summed E-state index contributed by atoms with van der Waals surface area (Å²) >= 11 is 0. The van der Waals surface area contributed by atoms with E-state index in [0.717, 1.165) is 49.7 Å². The standard InChI is InChI=1S/C53H68O5/c1-33-27-41-43(50(9,10)24-23-48(41,5)6)30-40(33)51-25-26-53(57-12,44(51)32-51)38-16-13-35(14-17-38)46(55)58-45(54)28-34(2)52(56-11)20-19-37(31-52)36-15-18-39-42(29-36)49(7,8)22-21-47(39,3)4/h13-18,27-30,37,44H,19-26,31-32H2,1-12H3. The van der Waals surface area contributed by atoms with Crippen LogP contribution in [-0.2, 0) is 51.7 Å². The van der Waals surface area contributed by atoms with Crippen LogP contribution in [0.5, 0.6) is 0 Å². The van der Waals surface area contributed by atoms with Crippen LogP contribution >= 0.6 is 0 Å². The van der Waals surface area contributed by atoms with Crippen LogP contribution in [0.1, 0.15) is 187 Å². The highest BCUT2D eigenvalue weighted by Gasteiger charge is 2.70. The van der Waals surface area contributed by atoms with Crippen LogP contribution in [0.25, 0.3) is 0 Å². The molecule has 310 valence electrons. The van der Waals surface area contributed by atoms with E-state index in [1.165, 1.54) is 70.7 Å². The minimum absolute atomic E-state index is 0.106. The molecule has 5 heteroatoms. The smallest absolute Gasteiger partial charge is 0.346 e. The van der Waals surface area contributed by atoms with E-state index in [1.54, 1.807) is 19.2 Å². The lowest BCUT2D eigenvalue weighted by atomic mass is 9.62. The zero-order valence-electron chi connectivity index (χ0n) is 37.5. The largest absolute Gasteiger partial charge is 0.386 e. The van der Waals surface area contributed by atoms with Crippen molar-refractivity contribution in [1.29, 1.82) is 0 Å². The fourth-order valence-corrected chi connectivity index (χ4v) is 12.4. The quantitative estimate of drug-likeness (QED) is 0.129. The van der Waals surface area contributed by atoms with E-state index in [2.05, 4.69) is 92.6 Å². The van der Waals surface area contributed by atoms with Crippen molar-refractivity contribution in [2.45, 2.75) is 178 Å². The Kier molecular flexibility index (Phi) is 9.76. The summed E-state index contributed by atoms with van der Waals surface area (Å²) in [5.74, 6) is -0.625. The molecule has 0 amide bonds. The first-order valence-electron chi connectivity index (χ1n) is 22.1. The number of aryl methyl sites for hydroxylation is 1. The predicted octanol–water partition coefficient (Wildman–Crippen LogP) is 12.3. The van der Waals surface area contributed by atoms with Gasteiger partial charge >= 0.3 is 11.9 Å². The van der Waals surface area contributed by atoms with Crippen LogP contribution in [-0.4, -0.2) is 31.8 Å². The summed E-state index contributed by atoms with van der Waals surface area (Å²) in [5, 5.41) is 0. The molecule has 3 aromatic carbocycles. The molecule has 5 aliphatic rings. The van der Waals surface area contributed by atoms with E-state index >= 15 is 0 Å². The minimum Gasteiger partial charge on any atom is -0.386 e. The van der Waals surface area contributed by atoms with E-state index in [0.29, 0.717) is 17.4 Å². The summed E-state index contributed by atoms with van der Waals surface area (Å²) in [6, 6.07) is 19.8. The highest BCUT2D eigenvalue weighted by molar-refractivity contribution is 6.00. The van der Waals surface area contributed by atoms with Crippen molar-refractivity contribution in [1.82, 2.24) is 0 Å². The molecule has 3 saturated carbocycles. The van der Waals surface area contributed by atoms with Gasteiger partial charge in [0.25, 0.3) is 0 Å². The molecular formula is C53H68O5. The van der Waals surface area contributed by atoms with Crippen LogP contribution in [0.2, 0.25) is 0 Å². The number of hydrogen-bond acceptors (Lipinski definition) is 5. The van der Waals surface area contributed by atoms with Crippen molar-refractivity contribution in [2.24, 2.45) is 5.92 Å². The molecular weight excluding hydrogens is 717 g/mol. The van der Waals surface area contributed by atoms with Gasteiger partial charge in [-0.05, 0) is 168 Å². The zero-order valence-corrected chi connectivity index (χ0v) is 37.5. The third-order valence-corrected chi connectivity index (χ3v) is 16.7. The summed E-state index contributed by atoms with van der Waals surface area (Å²) in [5.41, 5.74) is 12.2. The maximum Gasteiger partial charge on any atom is 0.346 e. The SMILES string of the molecule is COC1(C(C)=CC(=O)OC(=O)c2ccc(C3(OC)CCC4(c5cc6c(cc5C)C(C)(C)CCC6(C)C)CC43)cc2)CCC(c2ccc3c(c2)C(C)(C)CCC3(C)C)C1. The number of esters is 2. The third-order valence-electron chi connectivity index (χ3n) is 16.7. The minimum atomic E-state index is -0.664. The van der Waals surface area contributed by atoms with E-state index in [1.807, 2.05) is 26.2 Å². The molecule has 0 spiro atoms. The molecule has 3 fully saturated rings. The van der Waals surface area contributed by atoms with Gasteiger partial charge in [0.2, 0.25) is 0 Å². The van der Waals surface area contributed by atoms with Gasteiger partial charge in [0.05, 0.1) is 16.8 Å². The first kappa shape index (κ1) is 41.2. The van der Waals surface area contributed by atoms with E-state index in [-0.39, 0.29) is 27.1 Å². The molecule has 0 radical (unpaired) electrons. The molecule has 5 nitrogen and oxygen atoms in total. The normalized spacial score (nSPS) is 31.2. The van der Waals surface area contributed by atoms with Crippen LogP contribution in [0.3, 0.4) is 0 Å². The second-order valence-corrected chi connectivity index (χ2v) is 21.8. The summed E-state index contributed by atoms with van der Waals surface area (Å²) in [7, 11) is 3.57. The second kappa shape index (κ2) is 13.7. The Morgan fingerprint density at radius 1 is 0.638 bits per heavy atom. The number of ether oxygens (including phenoxy) is 3. The molecule has 3 aromatic rings. The van der Waals surface area contributed by atoms with Crippen molar-refractivity contribution in [3.05, 3.63) is 116 Å². The van der Waals surface area contributed by atoms with Crippen molar-refractivity contribution >= 4 is 11.9 Å². The first-order valence-corrected chi connectivity index (χ1v) is 22.1. The Morgan fingerprint density at radius 3 is 1.81 bits per heavy atom. The predicted molar refractivity (Wildman–Crippen MR) is 233 cm³/mol. The van der Waals surface area contributed by atoms with Gasteiger partial charge in [-0.15, -0.1) is 0 Å². The van der Waals surface area contributed by atoms with Gasteiger partial charge in [-0.1, -0.05) is 97.9 Å². The highest BCUT2D eigenvalue weighted by atomic mass is 16.6. The Hall–Kier alpha value is -3.54. The lowest BCUT2D eigenvalue weighted by Gasteiger charge is -2.43. The fourth-order valence-electron chi connectivity index (χ4n) is 12.4. The van der Waals surface area contributed by atoms with Crippen LogP contribution in [0.4, 0.5) is 0 Å². The van der Waals surface area contributed by atoms with Gasteiger partial charge in [0.1, 0.15) is 0 Å². The Balaban J connectivity index is 0.948. The number of carbonyl (C=O) groups is 2. The van der Waals surface area contributed by atoms with Gasteiger partial charge in [0, 0.05) is 31.6 Å². The topological polar surface area (TPSA) is 61.8 Å². The second-order valence-electron chi connectivity index (χ2n) is 21.8. The molecule has 0 heterocycles. The lowest BCUT2D eigenvalue weighted by Crippen LogP contribution is -2.34. The molecule has 0 saturated heterocycles. The maximum absolute atomic E-state index is 13.4. The Labute approximate surface area is 348 Å². The zero-order chi connectivity index (χ0) is 41.8. The lowest BCUT2D eigenvalue weighted by molar-refractivity contribution is -0.132. The van der Waals surface area contributed by atoms with E-state index in [9.17, 15) is 9.59 Å². The van der Waals surface area contributed by atoms with Gasteiger partial charge in [-0.2, -0.15) is 0 Å². The summed E-state index contributed by atoms with van der Waals surface area (Å²) in [4.78, 5) is 26.7. The maximum atomic E-state index is 13.4. The van der Waals surface area contributed by atoms with Gasteiger partial charge in [0.15, 0.2) is 0 Å². The Morgan fingerprint density at radius 2 is 1.22 bits per heavy atom. The summed E-state index contributed by atoms with van der Waals surface area (Å²) in [6.07, 6.45) is 11.9. The summed E-state index contributed by atoms with van der Waals surface area (Å²) < 4.78 is 18.1. The van der Waals surface area contributed by atoms with Crippen molar-refractivity contribution < 1.29 is 23.8 Å². The Bertz CT molecular complexity index is 2180. The molecule has 58 heavy (non-hydrogen) atoms. The molecule has 5 unspecified atom stereocenters. The van der Waals surface area contributed by atoms with Crippen molar-refractivity contribution in [3.8, 4) is 0 Å². The average molecular weight is 785 g/mol. The van der Waals surface area contributed by atoms with E-state index < -0.39 is 23.1 Å². The molecule has 0 aliphatic heterocycles. The van der Waals surface area contributed by atoms with Gasteiger partial charge in [-0.3, -0.25) is 0 Å². The number of rotatable bonds is 8. The molecule has 0 aromatic heterocycles. The van der Waals surface area contributed by atoms with Crippen LogP contribution in [0.15, 0.2) is 66.2 Å². The average Bonchev–Trinajstić information content (AvgIpc) is 3.59. The van der Waals surface area contributed by atoms with Crippen LogP contribution in [0, 0.1) is 12.8 Å². The molecule has 5 atom stereocenters. The molecule has 0 N–H and O–H groups in total. The molecule has 0 bridgehead atoms. The third kappa shape index (κ3) is 6.48. The van der Waals surface area contributed by atoms with Crippen LogP contribution < -0.4 is 0 Å². The van der Waals surface area contributed by atoms with Crippen molar-refractivity contribution in [2.75, 3.05) is 14.2 Å². The van der Waals surface area contributed by atoms with Gasteiger partial charge in [-0.25, -0.2) is 9.59 Å². The van der Waals surface area contributed by atoms with Crippen molar-refractivity contribution in [3.63, 3.8) is 0 Å². The van der Waals surface area contributed by atoms with E-state index in [4.69, 9.17) is 14.2 Å².